The van der Waals surface area contributed by atoms with E-state index in [-0.39, 0.29) is 0 Å². The number of rotatable bonds is 4. The van der Waals surface area contributed by atoms with E-state index in [4.69, 9.17) is 0 Å². The predicted molar refractivity (Wildman–Crippen MR) is 108 cm³/mol. The van der Waals surface area contributed by atoms with Gasteiger partial charge in [-0.2, -0.15) is 10.1 Å². The van der Waals surface area contributed by atoms with E-state index in [0.717, 1.165) is 43.5 Å². The molecule has 1 saturated heterocycles. The van der Waals surface area contributed by atoms with Crippen LogP contribution in [0.3, 0.4) is 0 Å². The van der Waals surface area contributed by atoms with Crippen molar-refractivity contribution in [2.75, 3.05) is 41.3 Å². The third kappa shape index (κ3) is 3.97. The number of benzene rings is 1. The van der Waals surface area contributed by atoms with Crippen molar-refractivity contribution in [1.82, 2.24) is 20.2 Å². The molecule has 0 radical (unpaired) electrons. The van der Waals surface area contributed by atoms with Crippen LogP contribution in [0.2, 0.25) is 0 Å². The number of hydrogen-bond donors (Lipinski definition) is 1. The zero-order chi connectivity index (χ0) is 18.6. The highest BCUT2D eigenvalue weighted by atomic mass is 15.3. The lowest BCUT2D eigenvalue weighted by Gasteiger charge is -2.35. The minimum absolute atomic E-state index is 0.517. The maximum absolute atomic E-state index is 4.65. The molecular weight excluding hydrogens is 338 g/mol. The van der Waals surface area contributed by atoms with Crippen molar-refractivity contribution in [3.05, 3.63) is 59.9 Å². The van der Waals surface area contributed by atoms with Gasteiger partial charge < -0.3 is 15.1 Å². The van der Waals surface area contributed by atoms with Gasteiger partial charge in [0.15, 0.2) is 5.82 Å². The van der Waals surface area contributed by atoms with Crippen molar-refractivity contribution in [3.8, 4) is 0 Å². The lowest BCUT2D eigenvalue weighted by atomic mass is 10.1. The number of piperazine rings is 1. The van der Waals surface area contributed by atoms with Gasteiger partial charge in [0, 0.05) is 38.1 Å². The molecule has 0 saturated carbocycles. The third-order valence-electron chi connectivity index (χ3n) is 4.89. The van der Waals surface area contributed by atoms with Crippen molar-refractivity contribution >= 4 is 23.3 Å². The van der Waals surface area contributed by atoms with Crippen LogP contribution < -0.4 is 15.1 Å². The van der Waals surface area contributed by atoms with Crippen LogP contribution in [0.5, 0.6) is 0 Å². The Balaban J connectivity index is 1.43. The van der Waals surface area contributed by atoms with Gasteiger partial charge in [0.25, 0.3) is 0 Å². The fourth-order valence-electron chi connectivity index (χ4n) is 3.15. The van der Waals surface area contributed by atoms with Crippen molar-refractivity contribution < 1.29 is 0 Å². The Kier molecular flexibility index (Phi) is 4.82. The van der Waals surface area contributed by atoms with Gasteiger partial charge in [0.2, 0.25) is 5.95 Å². The van der Waals surface area contributed by atoms with Gasteiger partial charge in [0.05, 0.1) is 6.20 Å². The Morgan fingerprint density at radius 3 is 2.37 bits per heavy atom. The number of aromatic nitrogens is 4. The Morgan fingerprint density at radius 1 is 0.889 bits per heavy atom. The normalized spacial score (nSPS) is 14.3. The summed E-state index contributed by atoms with van der Waals surface area (Å²) in [4.78, 5) is 13.6. The van der Waals surface area contributed by atoms with Gasteiger partial charge >= 0.3 is 0 Å². The summed E-state index contributed by atoms with van der Waals surface area (Å²) in [5.41, 5.74) is 3.46. The van der Waals surface area contributed by atoms with E-state index in [2.05, 4.69) is 61.3 Å². The van der Waals surface area contributed by atoms with E-state index in [1.165, 1.54) is 11.1 Å². The van der Waals surface area contributed by atoms with Crippen LogP contribution in [0.25, 0.3) is 0 Å². The summed E-state index contributed by atoms with van der Waals surface area (Å²) in [6.45, 7) is 7.75. The van der Waals surface area contributed by atoms with Crippen molar-refractivity contribution in [1.29, 1.82) is 0 Å². The Hall–Kier alpha value is -3.22. The molecule has 1 N–H and O–H groups in total. The van der Waals surface area contributed by atoms with Gasteiger partial charge in [-0.05, 0) is 49.2 Å². The standard InChI is InChI=1S/C20H23N7/c1-15-6-7-17(13-16(15)2)23-20-24-19(14-22-25-20)27-11-9-26(10-12-27)18-5-3-4-8-21-18/h3-8,13-14H,9-12H2,1-2H3,(H,23,24,25). The third-order valence-corrected chi connectivity index (χ3v) is 4.89. The molecule has 0 spiro atoms. The average molecular weight is 361 g/mol. The first-order chi connectivity index (χ1) is 13.2. The summed E-state index contributed by atoms with van der Waals surface area (Å²) in [6, 6.07) is 12.2. The summed E-state index contributed by atoms with van der Waals surface area (Å²) in [6.07, 6.45) is 3.56. The van der Waals surface area contributed by atoms with E-state index < -0.39 is 0 Å². The minimum Gasteiger partial charge on any atom is -0.353 e. The maximum atomic E-state index is 4.65. The summed E-state index contributed by atoms with van der Waals surface area (Å²) in [7, 11) is 0. The Labute approximate surface area is 159 Å². The second-order valence-corrected chi connectivity index (χ2v) is 6.72. The van der Waals surface area contributed by atoms with Crippen LogP contribution in [0.4, 0.5) is 23.3 Å². The molecule has 1 aromatic carbocycles. The van der Waals surface area contributed by atoms with E-state index in [9.17, 15) is 0 Å². The van der Waals surface area contributed by atoms with Crippen LogP contribution in [0.15, 0.2) is 48.8 Å². The summed E-state index contributed by atoms with van der Waals surface area (Å²) >= 11 is 0. The van der Waals surface area contributed by atoms with Gasteiger partial charge in [-0.3, -0.25) is 0 Å². The van der Waals surface area contributed by atoms with E-state index in [1.807, 2.05) is 30.5 Å². The maximum Gasteiger partial charge on any atom is 0.249 e. The summed E-state index contributed by atoms with van der Waals surface area (Å²) < 4.78 is 0. The highest BCUT2D eigenvalue weighted by molar-refractivity contribution is 5.56. The smallest absolute Gasteiger partial charge is 0.249 e. The second-order valence-electron chi connectivity index (χ2n) is 6.72. The van der Waals surface area contributed by atoms with E-state index in [1.54, 1.807) is 6.20 Å². The molecular formula is C20H23N7. The summed E-state index contributed by atoms with van der Waals surface area (Å²) in [5.74, 6) is 2.38. The first-order valence-corrected chi connectivity index (χ1v) is 9.14. The van der Waals surface area contributed by atoms with Crippen molar-refractivity contribution in [2.24, 2.45) is 0 Å². The van der Waals surface area contributed by atoms with Crippen molar-refractivity contribution in [2.45, 2.75) is 13.8 Å². The molecule has 0 aliphatic carbocycles. The number of anilines is 4. The number of hydrogen-bond acceptors (Lipinski definition) is 7. The predicted octanol–water partition coefficient (Wildman–Crippen LogP) is 2.95. The zero-order valence-electron chi connectivity index (χ0n) is 15.6. The van der Waals surface area contributed by atoms with Gasteiger partial charge in [-0.15, -0.1) is 5.10 Å². The van der Waals surface area contributed by atoms with E-state index in [0.29, 0.717) is 5.95 Å². The first kappa shape index (κ1) is 17.2. The Bertz CT molecular complexity index is 905. The van der Waals surface area contributed by atoms with E-state index >= 15 is 0 Å². The molecule has 1 fully saturated rings. The molecule has 7 nitrogen and oxygen atoms in total. The minimum atomic E-state index is 0.517. The van der Waals surface area contributed by atoms with Gasteiger partial charge in [-0.25, -0.2) is 4.98 Å². The number of pyridine rings is 1. The molecule has 27 heavy (non-hydrogen) atoms. The summed E-state index contributed by atoms with van der Waals surface area (Å²) in [5, 5.41) is 11.5. The molecule has 0 bridgehead atoms. The first-order valence-electron chi connectivity index (χ1n) is 9.14. The molecule has 3 aromatic rings. The fraction of sp³-hybridized carbons (Fsp3) is 0.300. The van der Waals surface area contributed by atoms with Crippen molar-refractivity contribution in [3.63, 3.8) is 0 Å². The molecule has 7 heteroatoms. The van der Waals surface area contributed by atoms with Crippen LogP contribution >= 0.6 is 0 Å². The Morgan fingerprint density at radius 2 is 1.67 bits per heavy atom. The molecule has 0 unspecified atom stereocenters. The molecule has 0 atom stereocenters. The fourth-order valence-corrected chi connectivity index (χ4v) is 3.15. The second kappa shape index (κ2) is 7.57. The molecule has 1 aliphatic heterocycles. The van der Waals surface area contributed by atoms with Crippen LogP contribution in [0.1, 0.15) is 11.1 Å². The number of nitrogens with zero attached hydrogens (tertiary/aromatic N) is 6. The quantitative estimate of drug-likeness (QED) is 0.766. The zero-order valence-corrected chi connectivity index (χ0v) is 15.6. The lowest BCUT2D eigenvalue weighted by molar-refractivity contribution is 0.639. The molecule has 4 rings (SSSR count). The topological polar surface area (TPSA) is 70.1 Å². The highest BCUT2D eigenvalue weighted by Crippen LogP contribution is 2.20. The molecule has 0 amide bonds. The molecule has 3 heterocycles. The van der Waals surface area contributed by atoms with Gasteiger partial charge in [-0.1, -0.05) is 12.1 Å². The lowest BCUT2D eigenvalue weighted by Crippen LogP contribution is -2.47. The largest absolute Gasteiger partial charge is 0.353 e. The highest BCUT2D eigenvalue weighted by Gasteiger charge is 2.19. The molecule has 138 valence electrons. The van der Waals surface area contributed by atoms with Crippen LogP contribution in [0, 0.1) is 13.8 Å². The molecule has 1 aliphatic rings. The molecule has 2 aromatic heterocycles. The number of nitrogens with one attached hydrogen (secondary N) is 1. The van der Waals surface area contributed by atoms with Crippen LogP contribution in [-0.2, 0) is 0 Å². The monoisotopic (exact) mass is 361 g/mol. The number of aryl methyl sites for hydroxylation is 2. The van der Waals surface area contributed by atoms with Crippen LogP contribution in [-0.4, -0.2) is 46.3 Å². The SMILES string of the molecule is Cc1ccc(Nc2nncc(N3CCN(c4ccccn4)CC3)n2)cc1C. The van der Waals surface area contributed by atoms with Gasteiger partial charge in [0.1, 0.15) is 5.82 Å². The average Bonchev–Trinajstić information content (AvgIpc) is 2.72.